The molecule has 33 heavy (non-hydrogen) atoms. The summed E-state index contributed by atoms with van der Waals surface area (Å²) in [5.74, 6) is 1.66. The van der Waals surface area contributed by atoms with E-state index in [0.717, 1.165) is 30.9 Å². The number of carbonyl (C=O) groups excluding carboxylic acids is 1. The minimum absolute atomic E-state index is 0.0190. The molecule has 3 N–H and O–H groups in total. The Balaban J connectivity index is 1.11. The Morgan fingerprint density at radius 2 is 2.27 bits per heavy atom. The molecule has 4 heterocycles. The number of hydrogen-bond acceptors (Lipinski definition) is 8. The normalized spacial score (nSPS) is 30.0. The number of H-pyrrole nitrogens is 1. The van der Waals surface area contributed by atoms with Crippen molar-refractivity contribution in [2.45, 2.75) is 49.8 Å². The van der Waals surface area contributed by atoms with Gasteiger partial charge in [0.25, 0.3) is 0 Å². The minimum Gasteiger partial charge on any atom is -0.441 e. The quantitative estimate of drug-likeness (QED) is 0.494. The molecule has 12 heteroatoms. The first-order chi connectivity index (χ1) is 16.0. The van der Waals surface area contributed by atoms with Crippen molar-refractivity contribution in [3.63, 3.8) is 0 Å². The van der Waals surface area contributed by atoms with Crippen LogP contribution in [0.25, 0.3) is 5.65 Å². The SMILES string of the molecule is COCc1cn2c(Nc3cc([C@H]4OC[C@@H](OC(=O)NC56CC(C5)C6)[C@H]4F)[nH]n3)nccc2n1. The number of nitrogens with zero attached hydrogens (tertiary/aromatic N) is 4. The van der Waals surface area contributed by atoms with Gasteiger partial charge in [-0.2, -0.15) is 5.10 Å². The van der Waals surface area contributed by atoms with Crippen molar-refractivity contribution in [2.75, 3.05) is 19.0 Å². The predicted molar refractivity (Wildman–Crippen MR) is 113 cm³/mol. The van der Waals surface area contributed by atoms with Crippen molar-refractivity contribution in [3.8, 4) is 0 Å². The lowest BCUT2D eigenvalue weighted by molar-refractivity contribution is -0.0528. The molecule has 1 saturated heterocycles. The number of hydrogen-bond donors (Lipinski definition) is 3. The molecule has 1 aliphatic heterocycles. The maximum absolute atomic E-state index is 15.0. The fourth-order valence-corrected chi connectivity index (χ4v) is 4.89. The molecule has 3 aliphatic carbocycles. The van der Waals surface area contributed by atoms with Crippen molar-refractivity contribution in [3.05, 3.63) is 35.9 Å². The summed E-state index contributed by atoms with van der Waals surface area (Å²) in [5, 5.41) is 13.0. The van der Waals surface area contributed by atoms with Crippen LogP contribution < -0.4 is 10.6 Å². The summed E-state index contributed by atoms with van der Waals surface area (Å²) in [7, 11) is 1.61. The van der Waals surface area contributed by atoms with Crippen LogP contribution in [0.1, 0.15) is 36.8 Å². The molecule has 0 aromatic carbocycles. The number of ether oxygens (including phenoxy) is 3. The van der Waals surface area contributed by atoms with E-state index in [-0.39, 0.29) is 12.1 Å². The van der Waals surface area contributed by atoms with Crippen molar-refractivity contribution < 1.29 is 23.4 Å². The van der Waals surface area contributed by atoms with Gasteiger partial charge in [0.2, 0.25) is 5.95 Å². The van der Waals surface area contributed by atoms with Crippen LogP contribution in [0.5, 0.6) is 0 Å². The Morgan fingerprint density at radius 3 is 3.03 bits per heavy atom. The van der Waals surface area contributed by atoms with Gasteiger partial charge in [-0.1, -0.05) is 0 Å². The number of rotatable bonds is 7. The number of alkyl halides is 1. The Morgan fingerprint density at radius 1 is 1.42 bits per heavy atom. The van der Waals surface area contributed by atoms with Crippen LogP contribution in [0.4, 0.5) is 21.0 Å². The Bertz CT molecular complexity index is 1180. The average molecular weight is 457 g/mol. The number of imidazole rings is 1. The summed E-state index contributed by atoms with van der Waals surface area (Å²) in [5.41, 5.74) is 1.79. The zero-order valence-electron chi connectivity index (χ0n) is 18.0. The highest BCUT2D eigenvalue weighted by Crippen LogP contribution is 2.57. The monoisotopic (exact) mass is 457 g/mol. The smallest absolute Gasteiger partial charge is 0.408 e. The van der Waals surface area contributed by atoms with E-state index >= 15 is 4.39 Å². The second-order valence-corrected chi connectivity index (χ2v) is 9.02. The summed E-state index contributed by atoms with van der Waals surface area (Å²) >= 11 is 0. The molecular weight excluding hydrogens is 433 g/mol. The highest BCUT2D eigenvalue weighted by molar-refractivity contribution is 5.69. The number of halogens is 1. The first kappa shape index (κ1) is 20.4. The molecule has 174 valence electrons. The molecular formula is C21H24FN7O4. The van der Waals surface area contributed by atoms with Crippen LogP contribution in [-0.4, -0.2) is 62.2 Å². The second kappa shape index (κ2) is 7.66. The third kappa shape index (κ3) is 3.59. The van der Waals surface area contributed by atoms with Crippen LogP contribution in [-0.2, 0) is 20.8 Å². The van der Waals surface area contributed by atoms with Crippen molar-refractivity contribution >= 4 is 23.5 Å². The number of carbonyl (C=O) groups is 1. The topological polar surface area (TPSA) is 128 Å². The molecule has 0 spiro atoms. The summed E-state index contributed by atoms with van der Waals surface area (Å²) in [6.45, 7) is 0.363. The summed E-state index contributed by atoms with van der Waals surface area (Å²) in [6, 6.07) is 3.43. The van der Waals surface area contributed by atoms with Gasteiger partial charge >= 0.3 is 6.09 Å². The van der Waals surface area contributed by atoms with Gasteiger partial charge in [0.15, 0.2) is 18.1 Å². The van der Waals surface area contributed by atoms with Crippen molar-refractivity contribution in [1.29, 1.82) is 0 Å². The standard InChI is InChI=1S/C21H24FN7O4/c1-31-9-12-8-29-16(24-12)2-3-23-19(29)25-15-4-13(27-28-15)18-17(22)14(10-32-18)33-20(30)26-21-5-11(6-21)7-21/h2-4,8,11,14,17-18H,5-7,9-10H2,1H3,(H,26,30)(H2,23,25,27,28)/t11?,14-,17-,18-,21?/m1/s1. The lowest BCUT2D eigenvalue weighted by Crippen LogP contribution is -2.68. The zero-order valence-corrected chi connectivity index (χ0v) is 18.0. The van der Waals surface area contributed by atoms with E-state index in [1.165, 1.54) is 0 Å². The summed E-state index contributed by atoms with van der Waals surface area (Å²) < 4.78 is 32.8. The van der Waals surface area contributed by atoms with E-state index in [2.05, 4.69) is 30.8 Å². The van der Waals surface area contributed by atoms with Crippen LogP contribution in [0, 0.1) is 5.92 Å². The van der Waals surface area contributed by atoms with E-state index < -0.39 is 24.5 Å². The van der Waals surface area contributed by atoms with E-state index in [1.807, 2.05) is 6.20 Å². The molecule has 1 amide bonds. The number of methoxy groups -OCH3 is 1. The van der Waals surface area contributed by atoms with Crippen LogP contribution >= 0.6 is 0 Å². The molecule has 2 bridgehead atoms. The van der Waals surface area contributed by atoms with Gasteiger partial charge in [0.1, 0.15) is 11.8 Å². The first-order valence-corrected chi connectivity index (χ1v) is 10.9. The van der Waals surface area contributed by atoms with Gasteiger partial charge in [-0.05, 0) is 31.2 Å². The number of fused-ring (bicyclic) bond motifs is 1. The Kier molecular flexibility index (Phi) is 4.73. The molecule has 0 radical (unpaired) electrons. The summed E-state index contributed by atoms with van der Waals surface area (Å²) in [6.07, 6.45) is 2.45. The number of amides is 1. The van der Waals surface area contributed by atoms with Gasteiger partial charge in [0, 0.05) is 31.1 Å². The van der Waals surface area contributed by atoms with Crippen LogP contribution in [0.2, 0.25) is 0 Å². The number of aromatic nitrogens is 5. The third-order valence-corrected chi connectivity index (χ3v) is 6.62. The van der Waals surface area contributed by atoms with Gasteiger partial charge in [-0.15, -0.1) is 0 Å². The van der Waals surface area contributed by atoms with Gasteiger partial charge < -0.3 is 24.8 Å². The highest BCUT2D eigenvalue weighted by atomic mass is 19.1. The second-order valence-electron chi connectivity index (χ2n) is 9.02. The van der Waals surface area contributed by atoms with Gasteiger partial charge in [0.05, 0.1) is 24.6 Å². The Hall–Kier alpha value is -3.25. The molecule has 11 nitrogen and oxygen atoms in total. The zero-order chi connectivity index (χ0) is 22.6. The van der Waals surface area contributed by atoms with E-state index in [9.17, 15) is 4.79 Å². The average Bonchev–Trinajstić information content (AvgIpc) is 3.44. The molecule has 3 aromatic rings. The molecule has 4 aliphatic rings. The first-order valence-electron chi connectivity index (χ1n) is 10.9. The van der Waals surface area contributed by atoms with Gasteiger partial charge in [-0.3, -0.25) is 9.50 Å². The van der Waals surface area contributed by atoms with Crippen LogP contribution in [0.3, 0.4) is 0 Å². The van der Waals surface area contributed by atoms with E-state index in [1.54, 1.807) is 29.8 Å². The number of aromatic amines is 1. The maximum atomic E-state index is 15.0. The Labute approximate surface area is 188 Å². The number of anilines is 2. The van der Waals surface area contributed by atoms with E-state index in [0.29, 0.717) is 29.7 Å². The van der Waals surface area contributed by atoms with E-state index in [4.69, 9.17) is 14.2 Å². The third-order valence-electron chi connectivity index (χ3n) is 6.62. The highest BCUT2D eigenvalue weighted by Gasteiger charge is 2.58. The minimum atomic E-state index is -1.51. The van der Waals surface area contributed by atoms with Crippen LogP contribution in [0.15, 0.2) is 24.5 Å². The number of nitrogens with one attached hydrogen (secondary N) is 3. The lowest BCUT2D eigenvalue weighted by Gasteiger charge is -2.61. The molecule has 0 unspecified atom stereocenters. The molecule has 3 aromatic heterocycles. The van der Waals surface area contributed by atoms with Gasteiger partial charge in [-0.25, -0.2) is 19.2 Å². The fourth-order valence-electron chi connectivity index (χ4n) is 4.89. The molecule has 3 saturated carbocycles. The maximum Gasteiger partial charge on any atom is 0.408 e. The molecule has 3 atom stereocenters. The summed E-state index contributed by atoms with van der Waals surface area (Å²) in [4.78, 5) is 21.0. The largest absolute Gasteiger partial charge is 0.441 e. The fraction of sp³-hybridized carbons (Fsp3) is 0.524. The number of alkyl carbamates (subject to hydrolysis) is 1. The lowest BCUT2D eigenvalue weighted by atomic mass is 9.50. The van der Waals surface area contributed by atoms with Crippen molar-refractivity contribution in [2.24, 2.45) is 5.92 Å². The van der Waals surface area contributed by atoms with Crippen molar-refractivity contribution in [1.82, 2.24) is 29.9 Å². The molecule has 4 fully saturated rings. The molecule has 7 rings (SSSR count). The predicted octanol–water partition coefficient (Wildman–Crippen LogP) is 2.40.